The average Bonchev–Trinajstić information content (AvgIpc) is 2.69. The van der Waals surface area contributed by atoms with Gasteiger partial charge in [0.25, 0.3) is 0 Å². The topological polar surface area (TPSA) is 96.2 Å². The predicted molar refractivity (Wildman–Crippen MR) is 119 cm³/mol. The summed E-state index contributed by atoms with van der Waals surface area (Å²) in [5.41, 5.74) is 7.93. The summed E-state index contributed by atoms with van der Waals surface area (Å²) in [5.74, 6) is -0.0795. The Morgan fingerprint density at radius 2 is 1.45 bits per heavy atom. The van der Waals surface area contributed by atoms with E-state index >= 15 is 0 Å². The summed E-state index contributed by atoms with van der Waals surface area (Å²) in [6.07, 6.45) is 4.64. The van der Waals surface area contributed by atoms with Crippen molar-refractivity contribution in [2.45, 2.75) is 50.6 Å². The smallest absolute Gasteiger partial charge is 0.323 e. The van der Waals surface area contributed by atoms with Crippen LogP contribution in [0.15, 0.2) is 54.6 Å². The molecule has 0 bridgehead atoms. The molecule has 0 radical (unpaired) electrons. The molecule has 1 saturated carbocycles. The van der Waals surface area contributed by atoms with Gasteiger partial charge in [0.15, 0.2) is 0 Å². The maximum atomic E-state index is 12.6. The fourth-order valence-corrected chi connectivity index (χ4v) is 3.50. The molecule has 156 valence electrons. The highest BCUT2D eigenvalue weighted by molar-refractivity contribution is 5.99. The van der Waals surface area contributed by atoms with E-state index in [-0.39, 0.29) is 30.4 Å². The Hall–Kier alpha value is -2.57. The number of carbonyl (C=O) groups excluding carboxylic acids is 2. The minimum Gasteiger partial charge on any atom is -0.348 e. The molecule has 1 unspecified atom stereocenters. The van der Waals surface area contributed by atoms with Gasteiger partial charge < -0.3 is 21.7 Å². The fraction of sp³-hybridized carbons (Fsp3) is 0.364. The zero-order valence-electron chi connectivity index (χ0n) is 16.6. The van der Waals surface area contributed by atoms with E-state index in [0.29, 0.717) is 5.69 Å². The van der Waals surface area contributed by atoms with Crippen LogP contribution >= 0.6 is 12.4 Å². The van der Waals surface area contributed by atoms with Crippen LogP contribution in [-0.4, -0.2) is 17.5 Å². The van der Waals surface area contributed by atoms with Gasteiger partial charge in [0.05, 0.1) is 11.6 Å². The summed E-state index contributed by atoms with van der Waals surface area (Å²) in [4.78, 5) is 24.7. The number of halogens is 1. The van der Waals surface area contributed by atoms with Gasteiger partial charge in [-0.2, -0.15) is 0 Å². The molecule has 0 saturated heterocycles. The molecule has 0 spiro atoms. The van der Waals surface area contributed by atoms with E-state index in [9.17, 15) is 9.59 Å². The largest absolute Gasteiger partial charge is 0.348 e. The first-order chi connectivity index (χ1) is 13.5. The number of nitrogens with one attached hydrogen (secondary N) is 3. The number of para-hydroxylation sites is 1. The summed E-state index contributed by atoms with van der Waals surface area (Å²) in [6.45, 7) is 1.94. The van der Waals surface area contributed by atoms with Gasteiger partial charge >= 0.3 is 6.03 Å². The lowest BCUT2D eigenvalue weighted by Gasteiger charge is -2.33. The number of anilines is 2. The summed E-state index contributed by atoms with van der Waals surface area (Å²) < 4.78 is 0. The fourth-order valence-electron chi connectivity index (χ4n) is 3.50. The minimum absolute atomic E-state index is 0. The van der Waals surface area contributed by atoms with Crippen LogP contribution in [0.5, 0.6) is 0 Å². The number of benzene rings is 2. The lowest BCUT2D eigenvalue weighted by atomic mass is 9.81. The van der Waals surface area contributed by atoms with Crippen molar-refractivity contribution in [2.75, 3.05) is 10.6 Å². The minimum atomic E-state index is -0.746. The van der Waals surface area contributed by atoms with Crippen LogP contribution in [0.2, 0.25) is 0 Å². The Morgan fingerprint density at radius 3 is 2.03 bits per heavy atom. The van der Waals surface area contributed by atoms with Crippen molar-refractivity contribution in [1.82, 2.24) is 5.32 Å². The highest BCUT2D eigenvalue weighted by atomic mass is 35.5. The standard InChI is InChI=1S/C22H28N4O2.ClH/c1-16(24-20(27)22(23)14-6-3-7-15-22)17-10-12-19(13-11-17)26-21(28)25-18-8-4-2-5-9-18;/h2,4-5,8-13,16H,3,6-7,14-15,23H2,1H3,(H,24,27)(H2,25,26,28);1H. The molecule has 6 nitrogen and oxygen atoms in total. The third kappa shape index (κ3) is 6.21. The van der Waals surface area contributed by atoms with Crippen molar-refractivity contribution in [3.8, 4) is 0 Å². The molecule has 1 aliphatic carbocycles. The van der Waals surface area contributed by atoms with Gasteiger partial charge in [-0.1, -0.05) is 49.6 Å². The van der Waals surface area contributed by atoms with Crippen LogP contribution in [0.1, 0.15) is 50.6 Å². The van der Waals surface area contributed by atoms with Gasteiger partial charge in [-0.25, -0.2) is 4.79 Å². The first kappa shape index (κ1) is 22.7. The van der Waals surface area contributed by atoms with Crippen molar-refractivity contribution in [2.24, 2.45) is 5.73 Å². The van der Waals surface area contributed by atoms with Crippen molar-refractivity contribution < 1.29 is 9.59 Å². The van der Waals surface area contributed by atoms with Gasteiger partial charge in [-0.15, -0.1) is 12.4 Å². The second-order valence-electron chi connectivity index (χ2n) is 7.48. The Labute approximate surface area is 178 Å². The van der Waals surface area contributed by atoms with E-state index < -0.39 is 5.54 Å². The second-order valence-corrected chi connectivity index (χ2v) is 7.48. The monoisotopic (exact) mass is 416 g/mol. The highest BCUT2D eigenvalue weighted by Crippen LogP contribution is 2.27. The van der Waals surface area contributed by atoms with E-state index in [0.717, 1.165) is 43.4 Å². The molecule has 1 fully saturated rings. The highest BCUT2D eigenvalue weighted by Gasteiger charge is 2.35. The van der Waals surface area contributed by atoms with Gasteiger partial charge in [-0.3, -0.25) is 4.79 Å². The SMILES string of the molecule is CC(NC(=O)C1(N)CCCCC1)c1ccc(NC(=O)Nc2ccccc2)cc1.Cl. The molecule has 1 atom stereocenters. The zero-order valence-corrected chi connectivity index (χ0v) is 17.4. The van der Waals surface area contributed by atoms with Gasteiger partial charge in [0, 0.05) is 11.4 Å². The first-order valence-electron chi connectivity index (χ1n) is 9.79. The molecule has 7 heteroatoms. The van der Waals surface area contributed by atoms with Crippen LogP contribution < -0.4 is 21.7 Å². The number of amides is 3. The molecule has 0 aromatic heterocycles. The molecule has 3 amide bonds. The molecular formula is C22H29ClN4O2. The Kier molecular flexibility index (Phi) is 8.05. The van der Waals surface area contributed by atoms with E-state index in [1.54, 1.807) is 0 Å². The molecule has 5 N–H and O–H groups in total. The zero-order chi connectivity index (χ0) is 20.0. The normalized spacial score (nSPS) is 16.1. The predicted octanol–water partition coefficient (Wildman–Crippen LogP) is 4.59. The second kappa shape index (κ2) is 10.3. The molecule has 1 aliphatic rings. The van der Waals surface area contributed by atoms with Crippen molar-refractivity contribution in [3.05, 3.63) is 60.2 Å². The molecule has 2 aromatic carbocycles. The average molecular weight is 417 g/mol. The van der Waals surface area contributed by atoms with E-state index in [1.165, 1.54) is 0 Å². The third-order valence-corrected chi connectivity index (χ3v) is 5.25. The summed E-state index contributed by atoms with van der Waals surface area (Å²) in [5, 5.41) is 8.61. The number of rotatable bonds is 5. The van der Waals surface area contributed by atoms with Gasteiger partial charge in [-0.05, 0) is 49.6 Å². The summed E-state index contributed by atoms with van der Waals surface area (Å²) >= 11 is 0. The third-order valence-electron chi connectivity index (χ3n) is 5.25. The molecule has 3 rings (SSSR count). The van der Waals surface area contributed by atoms with Crippen LogP contribution in [-0.2, 0) is 4.79 Å². The molecule has 2 aromatic rings. The van der Waals surface area contributed by atoms with Crippen molar-refractivity contribution in [3.63, 3.8) is 0 Å². The maximum Gasteiger partial charge on any atom is 0.323 e. The van der Waals surface area contributed by atoms with Crippen LogP contribution in [0.4, 0.5) is 16.2 Å². The Morgan fingerprint density at radius 1 is 0.897 bits per heavy atom. The van der Waals surface area contributed by atoms with Gasteiger partial charge in [0.2, 0.25) is 5.91 Å². The van der Waals surface area contributed by atoms with Crippen molar-refractivity contribution >= 4 is 35.7 Å². The van der Waals surface area contributed by atoms with E-state index in [1.807, 2.05) is 61.5 Å². The first-order valence-corrected chi connectivity index (χ1v) is 9.79. The Balaban J connectivity index is 0.00000300. The molecule has 0 aliphatic heterocycles. The number of carbonyl (C=O) groups is 2. The Bertz CT molecular complexity index is 805. The van der Waals surface area contributed by atoms with Crippen LogP contribution in [0, 0.1) is 0 Å². The molecule has 0 heterocycles. The van der Waals surface area contributed by atoms with Crippen LogP contribution in [0.3, 0.4) is 0 Å². The lowest BCUT2D eigenvalue weighted by molar-refractivity contribution is -0.128. The van der Waals surface area contributed by atoms with Crippen molar-refractivity contribution in [1.29, 1.82) is 0 Å². The van der Waals surface area contributed by atoms with Gasteiger partial charge in [0.1, 0.15) is 0 Å². The van der Waals surface area contributed by atoms with E-state index in [2.05, 4.69) is 16.0 Å². The molecule has 29 heavy (non-hydrogen) atoms. The summed E-state index contributed by atoms with van der Waals surface area (Å²) in [6, 6.07) is 16.2. The molecular weight excluding hydrogens is 388 g/mol. The quantitative estimate of drug-likeness (QED) is 0.573. The lowest BCUT2D eigenvalue weighted by Crippen LogP contribution is -2.55. The summed E-state index contributed by atoms with van der Waals surface area (Å²) in [7, 11) is 0. The maximum absolute atomic E-state index is 12.6. The van der Waals surface area contributed by atoms with Crippen LogP contribution in [0.25, 0.3) is 0 Å². The van der Waals surface area contributed by atoms with E-state index in [4.69, 9.17) is 5.73 Å². The number of hydrogen-bond donors (Lipinski definition) is 4. The number of hydrogen-bond acceptors (Lipinski definition) is 3. The number of nitrogens with two attached hydrogens (primary N) is 1. The number of urea groups is 1.